The average Bonchev–Trinajstić information content (AvgIpc) is 3.53. The van der Waals surface area contributed by atoms with Gasteiger partial charge in [-0.25, -0.2) is 9.59 Å². The van der Waals surface area contributed by atoms with E-state index in [4.69, 9.17) is 47.4 Å². The van der Waals surface area contributed by atoms with Gasteiger partial charge in [-0.15, -0.1) is 0 Å². The minimum atomic E-state index is -2.60. The van der Waals surface area contributed by atoms with Crippen molar-refractivity contribution in [3.63, 3.8) is 0 Å². The lowest BCUT2D eigenvalue weighted by molar-refractivity contribution is -0.383. The molecule has 0 aliphatic carbocycles. The van der Waals surface area contributed by atoms with Crippen molar-refractivity contribution in [2.24, 2.45) is 0 Å². The minimum Gasteiger partial charge on any atom is -0.504 e. The van der Waals surface area contributed by atoms with Gasteiger partial charge in [-0.3, -0.25) is 4.79 Å². The van der Waals surface area contributed by atoms with E-state index in [1.807, 2.05) is 0 Å². The number of aliphatic hydroxyl groups excluding tert-OH is 9. The normalized spacial score (nSPS) is 33.2. The van der Waals surface area contributed by atoms with Crippen LogP contribution in [0.15, 0.2) is 48.6 Å². The molecule has 2 aromatic rings. The fourth-order valence-corrected chi connectivity index (χ4v) is 6.63. The van der Waals surface area contributed by atoms with Crippen molar-refractivity contribution in [2.45, 2.75) is 92.4 Å². The molecule has 3 fully saturated rings. The summed E-state index contributed by atoms with van der Waals surface area (Å²) in [5.74, 6) is -5.49. The monoisotopic (exact) mass is 898 g/mol. The highest BCUT2D eigenvalue weighted by Crippen LogP contribution is 2.39. The SMILES string of the molecule is COc1cc(C=CC(=O)O[C@H]2[C@H](O)[C@@H](COC(=O)C=Cc3ccc(O[C@@H]4O[C@H](CO)[C@@H](O)[C@H](O)[C@H]4O)c(OC)c3)O[C@@]2(CO)O[C@H]2O[C@H](COC(C)=O)[C@@H](O)[C@H](O)[C@H]2O)ccc1O. The quantitative estimate of drug-likeness (QED) is 0.0420. The molecule has 14 atom stereocenters. The zero-order chi connectivity index (χ0) is 46.2. The maximum absolute atomic E-state index is 13.2. The number of methoxy groups -OCH3 is 2. The molecule has 0 unspecified atom stereocenters. The average molecular weight is 899 g/mol. The highest BCUT2D eigenvalue weighted by molar-refractivity contribution is 5.88. The van der Waals surface area contributed by atoms with Gasteiger partial charge in [0.2, 0.25) is 12.1 Å². The largest absolute Gasteiger partial charge is 0.504 e. The predicted molar refractivity (Wildman–Crippen MR) is 206 cm³/mol. The molecule has 0 bridgehead atoms. The van der Waals surface area contributed by atoms with Crippen LogP contribution in [0.2, 0.25) is 0 Å². The maximum atomic E-state index is 13.2. The van der Waals surface area contributed by atoms with Crippen LogP contribution in [0.5, 0.6) is 23.0 Å². The summed E-state index contributed by atoms with van der Waals surface area (Å²) in [6.45, 7) is -2.19. The third-order valence-corrected chi connectivity index (χ3v) is 10.1. The first-order chi connectivity index (χ1) is 29.9. The lowest BCUT2D eigenvalue weighted by atomic mass is 9.99. The van der Waals surface area contributed by atoms with E-state index in [2.05, 4.69) is 0 Å². The van der Waals surface area contributed by atoms with Gasteiger partial charge >= 0.3 is 17.9 Å². The molecule has 0 amide bonds. The van der Waals surface area contributed by atoms with E-state index >= 15 is 0 Å². The number of aromatic hydroxyl groups is 1. The van der Waals surface area contributed by atoms with E-state index in [9.17, 15) is 65.4 Å². The number of carbonyl (C=O) groups excluding carboxylic acids is 3. The molecule has 10 N–H and O–H groups in total. The molecule has 0 aromatic heterocycles. The molecule has 3 aliphatic heterocycles. The molecule has 0 spiro atoms. The van der Waals surface area contributed by atoms with E-state index in [1.165, 1.54) is 62.8 Å². The first kappa shape index (κ1) is 49.0. The fourth-order valence-electron chi connectivity index (χ4n) is 6.63. The van der Waals surface area contributed by atoms with Gasteiger partial charge in [0.25, 0.3) is 0 Å². The van der Waals surface area contributed by atoms with Gasteiger partial charge < -0.3 is 98.4 Å². The Labute approximate surface area is 358 Å². The summed E-state index contributed by atoms with van der Waals surface area (Å²) in [5, 5.41) is 104. The molecule has 63 heavy (non-hydrogen) atoms. The number of hydrogen-bond donors (Lipinski definition) is 10. The number of rotatable bonds is 17. The van der Waals surface area contributed by atoms with Crippen LogP contribution >= 0.6 is 0 Å². The Balaban J connectivity index is 1.31. The standard InChI is InChI=1S/C40H50O23/c1-18(43)56-15-26-31(48)34(51)36(53)39(60-26)63-40(17-42)37(61-29(46)11-7-19-4-8-21(44)23(12-19)54-2)32(49)27(62-40)16-57-28(45)10-6-20-5-9-22(24(13-20)55-3)58-38-35(52)33(50)30(47)25(14-41)59-38/h4-13,25-27,30-39,41-42,44,47-53H,14-17H2,1-3H3/t25-,26-,27-,30-,31-,32-,33+,34+,35-,36-,37+,38-,39-,40+/m1/s1. The number of phenols is 1. The van der Waals surface area contributed by atoms with E-state index in [0.717, 1.165) is 19.1 Å². The van der Waals surface area contributed by atoms with Crippen molar-refractivity contribution >= 4 is 30.1 Å². The Morgan fingerprint density at radius 1 is 0.667 bits per heavy atom. The summed E-state index contributed by atoms with van der Waals surface area (Å²) in [6, 6.07) is 8.40. The van der Waals surface area contributed by atoms with E-state index in [-0.39, 0.29) is 23.0 Å². The number of carbonyl (C=O) groups is 3. The van der Waals surface area contributed by atoms with Gasteiger partial charge in [0.1, 0.15) is 80.9 Å². The Morgan fingerprint density at radius 3 is 1.86 bits per heavy atom. The van der Waals surface area contributed by atoms with Gasteiger partial charge in [0, 0.05) is 19.1 Å². The number of aliphatic hydroxyl groups is 9. The smallest absolute Gasteiger partial charge is 0.331 e. The Hall–Kier alpha value is -4.99. The van der Waals surface area contributed by atoms with Crippen molar-refractivity contribution < 1.29 is 113 Å². The van der Waals surface area contributed by atoms with Crippen LogP contribution in [0, 0.1) is 0 Å². The number of benzene rings is 2. The molecule has 2 aromatic carbocycles. The van der Waals surface area contributed by atoms with Crippen LogP contribution in [0.1, 0.15) is 18.1 Å². The zero-order valence-electron chi connectivity index (χ0n) is 33.9. The number of esters is 3. The molecule has 0 radical (unpaired) electrons. The second kappa shape index (κ2) is 21.6. The Bertz CT molecular complexity index is 1940. The molecule has 3 heterocycles. The summed E-state index contributed by atoms with van der Waals surface area (Å²) in [6.07, 6.45) is -18.0. The fraction of sp³-hybridized carbons (Fsp3) is 0.525. The molecular formula is C40H50O23. The molecule has 3 aliphatic rings. The van der Waals surface area contributed by atoms with Crippen LogP contribution in [-0.2, 0) is 47.5 Å². The topological polar surface area (TPSA) is 346 Å². The van der Waals surface area contributed by atoms with Crippen LogP contribution < -0.4 is 14.2 Å². The van der Waals surface area contributed by atoms with Gasteiger partial charge in [0.15, 0.2) is 35.4 Å². The van der Waals surface area contributed by atoms with Crippen molar-refractivity contribution in [1.29, 1.82) is 0 Å². The van der Waals surface area contributed by atoms with Gasteiger partial charge in [-0.2, -0.15) is 0 Å². The molecule has 3 saturated heterocycles. The third-order valence-electron chi connectivity index (χ3n) is 10.1. The second-order valence-corrected chi connectivity index (χ2v) is 14.4. The number of ether oxygens (including phenoxy) is 10. The Morgan fingerprint density at radius 2 is 1.24 bits per heavy atom. The first-order valence-electron chi connectivity index (χ1n) is 19.2. The lowest BCUT2D eigenvalue weighted by Gasteiger charge is -2.43. The van der Waals surface area contributed by atoms with Gasteiger partial charge in [-0.1, -0.05) is 12.1 Å². The maximum Gasteiger partial charge on any atom is 0.331 e. The summed E-state index contributed by atoms with van der Waals surface area (Å²) in [4.78, 5) is 37.5. The predicted octanol–water partition coefficient (Wildman–Crippen LogP) is -3.39. The molecule has 348 valence electrons. The van der Waals surface area contributed by atoms with Crippen LogP contribution in [-0.4, -0.2) is 195 Å². The third kappa shape index (κ3) is 11.6. The van der Waals surface area contributed by atoms with Crippen molar-refractivity contribution in [3.05, 3.63) is 59.7 Å². The highest BCUT2D eigenvalue weighted by atomic mass is 16.8. The van der Waals surface area contributed by atoms with E-state index in [1.54, 1.807) is 0 Å². The molecule has 0 saturated carbocycles. The molecule has 23 heteroatoms. The van der Waals surface area contributed by atoms with Gasteiger partial charge in [-0.05, 0) is 47.5 Å². The second-order valence-electron chi connectivity index (χ2n) is 14.4. The molecular weight excluding hydrogens is 848 g/mol. The summed E-state index contributed by atoms with van der Waals surface area (Å²) in [7, 11) is 2.61. The van der Waals surface area contributed by atoms with E-state index in [0.29, 0.717) is 11.1 Å². The minimum absolute atomic E-state index is 0.0200. The van der Waals surface area contributed by atoms with Crippen LogP contribution in [0.25, 0.3) is 12.2 Å². The number of phenolic OH excluding ortho intramolecular Hbond substituents is 1. The van der Waals surface area contributed by atoms with Crippen molar-refractivity contribution in [1.82, 2.24) is 0 Å². The Kier molecular flexibility index (Phi) is 16.8. The summed E-state index contributed by atoms with van der Waals surface area (Å²) < 4.78 is 54.3. The van der Waals surface area contributed by atoms with Crippen molar-refractivity contribution in [2.75, 3.05) is 40.6 Å². The number of hydrogen-bond acceptors (Lipinski definition) is 23. The molecule has 5 rings (SSSR count). The summed E-state index contributed by atoms with van der Waals surface area (Å²) in [5.41, 5.74) is 0.721. The first-order valence-corrected chi connectivity index (χ1v) is 19.2. The lowest BCUT2D eigenvalue weighted by Crippen LogP contribution is -2.63. The van der Waals surface area contributed by atoms with Gasteiger partial charge in [0.05, 0.1) is 20.8 Å². The van der Waals surface area contributed by atoms with Crippen molar-refractivity contribution in [3.8, 4) is 23.0 Å². The zero-order valence-corrected chi connectivity index (χ0v) is 33.9. The van der Waals surface area contributed by atoms with Crippen LogP contribution in [0.3, 0.4) is 0 Å². The highest BCUT2D eigenvalue weighted by Gasteiger charge is 2.61. The summed E-state index contributed by atoms with van der Waals surface area (Å²) >= 11 is 0. The molecule has 23 nitrogen and oxygen atoms in total. The van der Waals surface area contributed by atoms with Crippen LogP contribution in [0.4, 0.5) is 0 Å². The van der Waals surface area contributed by atoms with E-state index < -0.39 is 130 Å².